The number of hydrogen-bond acceptors (Lipinski definition) is 4. The van der Waals surface area contributed by atoms with Gasteiger partial charge in [0.15, 0.2) is 5.88 Å². The van der Waals surface area contributed by atoms with Crippen molar-refractivity contribution in [3.63, 3.8) is 0 Å². The molecule has 0 saturated heterocycles. The summed E-state index contributed by atoms with van der Waals surface area (Å²) in [7, 11) is 0. The zero-order chi connectivity index (χ0) is 12.3. The van der Waals surface area contributed by atoms with Crippen molar-refractivity contribution in [2.45, 2.75) is 13.5 Å². The van der Waals surface area contributed by atoms with Gasteiger partial charge in [-0.1, -0.05) is 6.07 Å². The average molecular weight is 231 g/mol. The van der Waals surface area contributed by atoms with Crippen molar-refractivity contribution in [1.29, 1.82) is 0 Å². The Balaban J connectivity index is 2.09. The van der Waals surface area contributed by atoms with Crippen LogP contribution in [-0.2, 0) is 6.54 Å². The maximum atomic E-state index is 11.8. The molecular weight excluding hydrogens is 218 g/mol. The molecule has 0 aliphatic carbocycles. The van der Waals surface area contributed by atoms with Gasteiger partial charge in [-0.05, 0) is 24.6 Å². The first-order valence-electron chi connectivity index (χ1n) is 5.22. The molecule has 0 aromatic carbocycles. The number of aromatic nitrogens is 1. The van der Waals surface area contributed by atoms with Gasteiger partial charge in [0.05, 0.1) is 0 Å². The van der Waals surface area contributed by atoms with Crippen molar-refractivity contribution >= 4 is 11.8 Å². The first kappa shape index (κ1) is 11.3. The molecule has 2 aromatic rings. The monoisotopic (exact) mass is 231 g/mol. The van der Waals surface area contributed by atoms with Crippen molar-refractivity contribution in [1.82, 2.24) is 4.98 Å². The molecule has 5 nitrogen and oxygen atoms in total. The van der Waals surface area contributed by atoms with Gasteiger partial charge >= 0.3 is 0 Å². The lowest BCUT2D eigenvalue weighted by Gasteiger charge is -2.02. The Morgan fingerprint density at radius 2 is 2.24 bits per heavy atom. The first-order chi connectivity index (χ1) is 8.19. The van der Waals surface area contributed by atoms with Gasteiger partial charge in [-0.15, -0.1) is 0 Å². The van der Waals surface area contributed by atoms with E-state index >= 15 is 0 Å². The average Bonchev–Trinajstić information content (AvgIpc) is 2.75. The van der Waals surface area contributed by atoms with Crippen molar-refractivity contribution in [2.75, 3.05) is 5.32 Å². The SMILES string of the molecule is Cc1ccc(NC(=O)c2ccc(CN)cn2)o1. The highest BCUT2D eigenvalue weighted by atomic mass is 16.4. The molecule has 0 aliphatic rings. The van der Waals surface area contributed by atoms with Gasteiger partial charge in [0.25, 0.3) is 5.91 Å². The minimum Gasteiger partial charge on any atom is -0.446 e. The zero-order valence-electron chi connectivity index (χ0n) is 9.43. The fourth-order valence-corrected chi connectivity index (χ4v) is 1.36. The molecule has 2 rings (SSSR count). The number of aryl methyl sites for hydroxylation is 1. The summed E-state index contributed by atoms with van der Waals surface area (Å²) < 4.78 is 5.24. The normalized spacial score (nSPS) is 10.2. The smallest absolute Gasteiger partial charge is 0.276 e. The number of nitrogens with two attached hydrogens (primary N) is 1. The van der Waals surface area contributed by atoms with E-state index in [1.165, 1.54) is 0 Å². The fourth-order valence-electron chi connectivity index (χ4n) is 1.36. The summed E-state index contributed by atoms with van der Waals surface area (Å²) in [5.74, 6) is 0.854. The molecule has 88 valence electrons. The van der Waals surface area contributed by atoms with Crippen molar-refractivity contribution < 1.29 is 9.21 Å². The van der Waals surface area contributed by atoms with Crippen LogP contribution in [0.5, 0.6) is 0 Å². The number of pyridine rings is 1. The number of amides is 1. The predicted octanol–water partition coefficient (Wildman–Crippen LogP) is 1.69. The third-order valence-electron chi connectivity index (χ3n) is 2.27. The van der Waals surface area contributed by atoms with Crippen LogP contribution >= 0.6 is 0 Å². The lowest BCUT2D eigenvalue weighted by atomic mass is 10.2. The summed E-state index contributed by atoms with van der Waals surface area (Å²) in [6, 6.07) is 6.88. The lowest BCUT2D eigenvalue weighted by Crippen LogP contribution is -2.13. The molecule has 17 heavy (non-hydrogen) atoms. The van der Waals surface area contributed by atoms with Gasteiger partial charge in [-0.3, -0.25) is 15.1 Å². The van der Waals surface area contributed by atoms with Crippen LogP contribution in [0.4, 0.5) is 5.88 Å². The van der Waals surface area contributed by atoms with Crippen LogP contribution in [0.3, 0.4) is 0 Å². The topological polar surface area (TPSA) is 81.2 Å². The van der Waals surface area contributed by atoms with Crippen molar-refractivity contribution in [2.24, 2.45) is 5.73 Å². The van der Waals surface area contributed by atoms with Crippen LogP contribution in [0.25, 0.3) is 0 Å². The van der Waals surface area contributed by atoms with E-state index in [1.54, 1.807) is 30.5 Å². The number of anilines is 1. The number of carbonyl (C=O) groups is 1. The lowest BCUT2D eigenvalue weighted by molar-refractivity contribution is 0.102. The Hall–Kier alpha value is -2.14. The minimum absolute atomic E-state index is 0.303. The van der Waals surface area contributed by atoms with Gasteiger partial charge in [-0.2, -0.15) is 0 Å². The summed E-state index contributed by atoms with van der Waals surface area (Å²) in [5.41, 5.74) is 6.66. The van der Waals surface area contributed by atoms with E-state index in [2.05, 4.69) is 10.3 Å². The Kier molecular flexibility index (Phi) is 3.20. The minimum atomic E-state index is -0.303. The van der Waals surface area contributed by atoms with E-state index in [9.17, 15) is 4.79 Å². The molecule has 0 fully saturated rings. The summed E-state index contributed by atoms with van der Waals surface area (Å²) in [6.45, 7) is 2.22. The Morgan fingerprint density at radius 1 is 1.41 bits per heavy atom. The standard InChI is InChI=1S/C12H13N3O2/c1-8-2-5-11(17-8)15-12(16)10-4-3-9(6-13)7-14-10/h2-5,7H,6,13H2,1H3,(H,15,16). The highest BCUT2D eigenvalue weighted by molar-refractivity contribution is 6.02. The van der Waals surface area contributed by atoms with E-state index in [-0.39, 0.29) is 5.91 Å². The van der Waals surface area contributed by atoms with Gasteiger partial charge in [0, 0.05) is 18.8 Å². The molecular formula is C12H13N3O2. The third kappa shape index (κ3) is 2.70. The highest BCUT2D eigenvalue weighted by Gasteiger charge is 2.09. The van der Waals surface area contributed by atoms with Crippen molar-refractivity contribution in [3.8, 4) is 0 Å². The quantitative estimate of drug-likeness (QED) is 0.842. The molecule has 2 heterocycles. The first-order valence-corrected chi connectivity index (χ1v) is 5.22. The van der Waals surface area contributed by atoms with Crippen LogP contribution in [-0.4, -0.2) is 10.9 Å². The van der Waals surface area contributed by atoms with Gasteiger partial charge < -0.3 is 10.2 Å². The summed E-state index contributed by atoms with van der Waals surface area (Å²) in [5, 5.41) is 2.62. The van der Waals surface area contributed by atoms with Crippen molar-refractivity contribution in [3.05, 3.63) is 47.5 Å². The van der Waals surface area contributed by atoms with Crippen LogP contribution < -0.4 is 11.1 Å². The molecule has 0 atom stereocenters. The Labute approximate surface area is 98.6 Å². The van der Waals surface area contributed by atoms with Crippen LogP contribution in [0, 0.1) is 6.92 Å². The van der Waals surface area contributed by atoms with Gasteiger partial charge in [-0.25, -0.2) is 0 Å². The Bertz CT molecular complexity index is 517. The second kappa shape index (κ2) is 4.80. The molecule has 3 N–H and O–H groups in total. The number of carbonyl (C=O) groups excluding carboxylic acids is 1. The molecule has 0 bridgehead atoms. The van der Waals surface area contributed by atoms with E-state index in [0.717, 1.165) is 11.3 Å². The van der Waals surface area contributed by atoms with Crippen LogP contribution in [0.1, 0.15) is 21.8 Å². The Morgan fingerprint density at radius 3 is 2.76 bits per heavy atom. The number of furan rings is 1. The van der Waals surface area contributed by atoms with Gasteiger partial charge in [0.2, 0.25) is 0 Å². The molecule has 0 spiro atoms. The second-order valence-electron chi connectivity index (χ2n) is 3.62. The number of hydrogen-bond donors (Lipinski definition) is 2. The highest BCUT2D eigenvalue weighted by Crippen LogP contribution is 2.13. The number of nitrogens with one attached hydrogen (secondary N) is 1. The largest absolute Gasteiger partial charge is 0.446 e. The third-order valence-corrected chi connectivity index (χ3v) is 2.27. The van der Waals surface area contributed by atoms with Crippen LogP contribution in [0.2, 0.25) is 0 Å². The molecule has 0 unspecified atom stereocenters. The molecule has 0 saturated carbocycles. The predicted molar refractivity (Wildman–Crippen MR) is 63.5 cm³/mol. The maximum absolute atomic E-state index is 11.8. The molecule has 1 amide bonds. The molecule has 0 radical (unpaired) electrons. The zero-order valence-corrected chi connectivity index (χ0v) is 9.43. The second-order valence-corrected chi connectivity index (χ2v) is 3.62. The number of nitrogens with zero attached hydrogens (tertiary/aromatic N) is 1. The van der Waals surface area contributed by atoms with Gasteiger partial charge in [0.1, 0.15) is 11.5 Å². The van der Waals surface area contributed by atoms with E-state index in [1.807, 2.05) is 6.92 Å². The summed E-state index contributed by atoms with van der Waals surface area (Å²) in [6.07, 6.45) is 1.59. The number of rotatable bonds is 3. The summed E-state index contributed by atoms with van der Waals surface area (Å²) >= 11 is 0. The van der Waals surface area contributed by atoms with E-state index in [4.69, 9.17) is 10.2 Å². The molecule has 2 aromatic heterocycles. The van der Waals surface area contributed by atoms with E-state index < -0.39 is 0 Å². The van der Waals surface area contributed by atoms with Crippen LogP contribution in [0.15, 0.2) is 34.9 Å². The van der Waals surface area contributed by atoms with E-state index in [0.29, 0.717) is 18.1 Å². The fraction of sp³-hybridized carbons (Fsp3) is 0.167. The summed E-state index contributed by atoms with van der Waals surface area (Å²) in [4.78, 5) is 15.8. The molecule has 0 aliphatic heterocycles. The maximum Gasteiger partial charge on any atom is 0.276 e. The molecule has 5 heteroatoms.